The van der Waals surface area contributed by atoms with E-state index in [1.54, 1.807) is 0 Å². The molecule has 0 saturated carbocycles. The van der Waals surface area contributed by atoms with Crippen molar-refractivity contribution in [2.75, 3.05) is 26.4 Å². The SMILES string of the molecule is CC1(C)Cc2cccc(CNCC3(CO)COC3)c2O1. The average Bonchev–Trinajstić information content (AvgIpc) is 2.67. The molecule has 1 aromatic rings. The van der Waals surface area contributed by atoms with Gasteiger partial charge in [-0.3, -0.25) is 0 Å². The average molecular weight is 277 g/mol. The normalized spacial score (nSPS) is 21.9. The van der Waals surface area contributed by atoms with Gasteiger partial charge in [-0.2, -0.15) is 0 Å². The molecule has 0 bridgehead atoms. The number of fused-ring (bicyclic) bond motifs is 1. The maximum atomic E-state index is 9.41. The summed E-state index contributed by atoms with van der Waals surface area (Å²) in [4.78, 5) is 0. The van der Waals surface area contributed by atoms with E-state index in [0.717, 1.165) is 25.3 Å². The summed E-state index contributed by atoms with van der Waals surface area (Å²) in [5.74, 6) is 1.04. The summed E-state index contributed by atoms with van der Waals surface area (Å²) < 4.78 is 11.3. The molecule has 2 aliphatic rings. The van der Waals surface area contributed by atoms with Gasteiger partial charge in [0.05, 0.1) is 25.2 Å². The molecule has 110 valence electrons. The van der Waals surface area contributed by atoms with Crippen LogP contribution in [0.3, 0.4) is 0 Å². The van der Waals surface area contributed by atoms with E-state index in [0.29, 0.717) is 13.2 Å². The number of aliphatic hydroxyl groups is 1. The Morgan fingerprint density at radius 2 is 2.10 bits per heavy atom. The maximum absolute atomic E-state index is 9.41. The zero-order valence-corrected chi connectivity index (χ0v) is 12.2. The lowest BCUT2D eigenvalue weighted by atomic mass is 9.87. The van der Waals surface area contributed by atoms with Crippen LogP contribution in [0.15, 0.2) is 18.2 Å². The molecule has 0 spiro atoms. The Labute approximate surface area is 120 Å². The summed E-state index contributed by atoms with van der Waals surface area (Å²) >= 11 is 0. The van der Waals surface area contributed by atoms with Gasteiger partial charge in [0.15, 0.2) is 0 Å². The van der Waals surface area contributed by atoms with Gasteiger partial charge in [-0.15, -0.1) is 0 Å². The van der Waals surface area contributed by atoms with E-state index >= 15 is 0 Å². The summed E-state index contributed by atoms with van der Waals surface area (Å²) in [6.07, 6.45) is 0.963. The second-order valence-corrected chi connectivity index (χ2v) is 6.70. The quantitative estimate of drug-likeness (QED) is 0.856. The van der Waals surface area contributed by atoms with E-state index in [2.05, 4.69) is 37.4 Å². The molecule has 2 heterocycles. The fraction of sp³-hybridized carbons (Fsp3) is 0.625. The molecule has 1 fully saturated rings. The van der Waals surface area contributed by atoms with Gasteiger partial charge in [-0.1, -0.05) is 18.2 Å². The lowest BCUT2D eigenvalue weighted by Gasteiger charge is -2.40. The van der Waals surface area contributed by atoms with Crippen LogP contribution < -0.4 is 10.1 Å². The van der Waals surface area contributed by atoms with Crippen molar-refractivity contribution < 1.29 is 14.6 Å². The highest BCUT2D eigenvalue weighted by atomic mass is 16.5. The zero-order valence-electron chi connectivity index (χ0n) is 12.2. The molecule has 2 N–H and O–H groups in total. The van der Waals surface area contributed by atoms with Gasteiger partial charge in [0, 0.05) is 25.1 Å². The predicted octanol–water partition coefficient (Wildman–Crippen LogP) is 1.50. The first-order valence-electron chi connectivity index (χ1n) is 7.23. The standard InChI is InChI=1S/C16H23NO3/c1-15(2)6-12-4-3-5-13(14(12)20-15)7-17-8-16(9-18)10-19-11-16/h3-5,17-18H,6-11H2,1-2H3. The number of aliphatic hydroxyl groups excluding tert-OH is 1. The largest absolute Gasteiger partial charge is 0.487 e. The lowest BCUT2D eigenvalue weighted by molar-refractivity contribution is -0.134. The van der Waals surface area contributed by atoms with Crippen LogP contribution in [0, 0.1) is 5.41 Å². The highest BCUT2D eigenvalue weighted by Gasteiger charge is 2.37. The zero-order chi connectivity index (χ0) is 14.2. The number of ether oxygens (including phenoxy) is 2. The highest BCUT2D eigenvalue weighted by molar-refractivity contribution is 5.45. The molecule has 0 unspecified atom stereocenters. The first kappa shape index (κ1) is 13.9. The van der Waals surface area contributed by atoms with E-state index in [4.69, 9.17) is 9.47 Å². The summed E-state index contributed by atoms with van der Waals surface area (Å²) in [6, 6.07) is 6.34. The molecule has 4 nitrogen and oxygen atoms in total. The number of benzene rings is 1. The third-order valence-corrected chi connectivity index (χ3v) is 4.14. The molecular formula is C16H23NO3. The van der Waals surface area contributed by atoms with Gasteiger partial charge in [0.25, 0.3) is 0 Å². The molecule has 20 heavy (non-hydrogen) atoms. The van der Waals surface area contributed by atoms with Crippen LogP contribution in [-0.4, -0.2) is 37.1 Å². The predicted molar refractivity (Wildman–Crippen MR) is 76.9 cm³/mol. The van der Waals surface area contributed by atoms with Crippen LogP contribution in [-0.2, 0) is 17.7 Å². The molecule has 0 aliphatic carbocycles. The van der Waals surface area contributed by atoms with Crippen LogP contribution >= 0.6 is 0 Å². The van der Waals surface area contributed by atoms with Crippen LogP contribution in [0.1, 0.15) is 25.0 Å². The molecule has 1 aromatic carbocycles. The molecule has 2 aliphatic heterocycles. The second kappa shape index (κ2) is 5.02. The monoisotopic (exact) mass is 277 g/mol. The Balaban J connectivity index is 1.63. The van der Waals surface area contributed by atoms with Gasteiger partial charge in [0.2, 0.25) is 0 Å². The van der Waals surface area contributed by atoms with Crippen molar-refractivity contribution in [3.63, 3.8) is 0 Å². The summed E-state index contributed by atoms with van der Waals surface area (Å²) in [5, 5.41) is 12.8. The lowest BCUT2D eigenvalue weighted by Crippen LogP contribution is -2.52. The number of para-hydroxylation sites is 1. The Hall–Kier alpha value is -1.10. The van der Waals surface area contributed by atoms with Crippen molar-refractivity contribution in [1.29, 1.82) is 0 Å². The van der Waals surface area contributed by atoms with Gasteiger partial charge in [-0.25, -0.2) is 0 Å². The van der Waals surface area contributed by atoms with Crippen molar-refractivity contribution in [1.82, 2.24) is 5.32 Å². The number of hydrogen-bond donors (Lipinski definition) is 2. The molecular weight excluding hydrogens is 254 g/mol. The van der Waals surface area contributed by atoms with Crippen molar-refractivity contribution >= 4 is 0 Å². The first-order chi connectivity index (χ1) is 9.54. The molecule has 3 rings (SSSR count). The van der Waals surface area contributed by atoms with E-state index in [9.17, 15) is 5.11 Å². The van der Waals surface area contributed by atoms with Crippen molar-refractivity contribution in [3.8, 4) is 5.75 Å². The molecule has 0 radical (unpaired) electrons. The summed E-state index contributed by atoms with van der Waals surface area (Å²) in [7, 11) is 0. The van der Waals surface area contributed by atoms with E-state index < -0.39 is 0 Å². The summed E-state index contributed by atoms with van der Waals surface area (Å²) in [6.45, 7) is 7.25. The molecule has 0 aromatic heterocycles. The van der Waals surface area contributed by atoms with Gasteiger partial charge in [-0.05, 0) is 19.4 Å². The van der Waals surface area contributed by atoms with E-state index in [1.165, 1.54) is 11.1 Å². The third-order valence-electron chi connectivity index (χ3n) is 4.14. The minimum atomic E-state index is -0.105. The smallest absolute Gasteiger partial charge is 0.127 e. The van der Waals surface area contributed by atoms with Crippen LogP contribution in [0.5, 0.6) is 5.75 Å². The molecule has 4 heteroatoms. The fourth-order valence-electron chi connectivity index (χ4n) is 2.92. The number of nitrogens with one attached hydrogen (secondary N) is 1. The fourth-order valence-corrected chi connectivity index (χ4v) is 2.92. The minimum Gasteiger partial charge on any atom is -0.487 e. The molecule has 0 amide bonds. The number of rotatable bonds is 5. The molecule has 1 saturated heterocycles. The Bertz CT molecular complexity index is 489. The third kappa shape index (κ3) is 2.55. The van der Waals surface area contributed by atoms with Crippen molar-refractivity contribution in [3.05, 3.63) is 29.3 Å². The summed E-state index contributed by atoms with van der Waals surface area (Å²) in [5.41, 5.74) is 2.30. The van der Waals surface area contributed by atoms with Crippen molar-refractivity contribution in [2.45, 2.75) is 32.4 Å². The van der Waals surface area contributed by atoms with Crippen LogP contribution in [0.2, 0.25) is 0 Å². The maximum Gasteiger partial charge on any atom is 0.127 e. The van der Waals surface area contributed by atoms with Crippen LogP contribution in [0.4, 0.5) is 0 Å². The Morgan fingerprint density at radius 1 is 1.30 bits per heavy atom. The van der Waals surface area contributed by atoms with E-state index in [-0.39, 0.29) is 17.6 Å². The minimum absolute atomic E-state index is 0.0852. The van der Waals surface area contributed by atoms with Crippen LogP contribution in [0.25, 0.3) is 0 Å². The van der Waals surface area contributed by atoms with Gasteiger partial charge < -0.3 is 19.9 Å². The Kier molecular flexibility index (Phi) is 3.48. The highest BCUT2D eigenvalue weighted by Crippen LogP contribution is 2.37. The van der Waals surface area contributed by atoms with Gasteiger partial charge >= 0.3 is 0 Å². The topological polar surface area (TPSA) is 50.7 Å². The first-order valence-corrected chi connectivity index (χ1v) is 7.23. The second-order valence-electron chi connectivity index (χ2n) is 6.70. The van der Waals surface area contributed by atoms with E-state index in [1.807, 2.05) is 0 Å². The Morgan fingerprint density at radius 3 is 2.75 bits per heavy atom. The molecule has 0 atom stereocenters. The van der Waals surface area contributed by atoms with Crippen molar-refractivity contribution in [2.24, 2.45) is 5.41 Å². The van der Waals surface area contributed by atoms with Gasteiger partial charge in [0.1, 0.15) is 11.4 Å². The number of hydrogen-bond acceptors (Lipinski definition) is 4.